The predicted molar refractivity (Wildman–Crippen MR) is 104 cm³/mol. The van der Waals surface area contributed by atoms with Gasteiger partial charge in [-0.25, -0.2) is 14.6 Å². The van der Waals surface area contributed by atoms with Gasteiger partial charge in [-0.2, -0.15) is 5.10 Å². The minimum atomic E-state index is 0.0104. The van der Waals surface area contributed by atoms with Gasteiger partial charge in [-0.3, -0.25) is 4.79 Å². The van der Waals surface area contributed by atoms with Crippen molar-refractivity contribution in [3.8, 4) is 5.82 Å². The number of rotatable bonds is 3. The summed E-state index contributed by atoms with van der Waals surface area (Å²) in [6, 6.07) is 13.6. The van der Waals surface area contributed by atoms with E-state index in [2.05, 4.69) is 16.1 Å². The zero-order valence-corrected chi connectivity index (χ0v) is 15.3. The lowest BCUT2D eigenvalue weighted by Crippen LogP contribution is -2.30. The molecule has 1 aliphatic heterocycles. The molecule has 1 saturated heterocycles. The van der Waals surface area contributed by atoms with Gasteiger partial charge in [0.1, 0.15) is 5.01 Å². The van der Waals surface area contributed by atoms with Crippen LogP contribution < -0.4 is 0 Å². The van der Waals surface area contributed by atoms with Crippen molar-refractivity contribution < 1.29 is 4.79 Å². The molecule has 3 aromatic heterocycles. The molecule has 4 heterocycles. The van der Waals surface area contributed by atoms with Gasteiger partial charge in [0.05, 0.1) is 21.8 Å². The fraction of sp³-hybridized carbons (Fsp3) is 0.200. The maximum absolute atomic E-state index is 13.1. The molecule has 1 aliphatic rings. The van der Waals surface area contributed by atoms with Crippen LogP contribution in [0.4, 0.5) is 0 Å². The summed E-state index contributed by atoms with van der Waals surface area (Å²) in [4.78, 5) is 24.2. The predicted octanol–water partition coefficient (Wildman–Crippen LogP) is 3.85. The van der Waals surface area contributed by atoms with Gasteiger partial charge in [0, 0.05) is 25.1 Å². The van der Waals surface area contributed by atoms with Crippen LogP contribution in [0.2, 0.25) is 0 Å². The van der Waals surface area contributed by atoms with E-state index in [4.69, 9.17) is 4.98 Å². The molecule has 7 heteroatoms. The molecule has 0 radical (unpaired) electrons. The van der Waals surface area contributed by atoms with Crippen molar-refractivity contribution in [1.29, 1.82) is 0 Å². The van der Waals surface area contributed by atoms with Crippen LogP contribution in [0, 0.1) is 0 Å². The fourth-order valence-corrected chi connectivity index (χ4v) is 4.63. The molecule has 0 aliphatic carbocycles. The van der Waals surface area contributed by atoms with E-state index >= 15 is 0 Å². The van der Waals surface area contributed by atoms with Crippen molar-refractivity contribution in [2.45, 2.75) is 18.9 Å². The van der Waals surface area contributed by atoms with Gasteiger partial charge in [0.15, 0.2) is 5.82 Å². The maximum Gasteiger partial charge on any atom is 0.256 e. The summed E-state index contributed by atoms with van der Waals surface area (Å²) < 4.78 is 2.84. The second kappa shape index (κ2) is 6.59. The summed E-state index contributed by atoms with van der Waals surface area (Å²) in [7, 11) is 0. The largest absolute Gasteiger partial charge is 0.329 e. The van der Waals surface area contributed by atoms with Crippen LogP contribution in [0.3, 0.4) is 0 Å². The van der Waals surface area contributed by atoms with E-state index in [1.165, 1.54) is 0 Å². The van der Waals surface area contributed by atoms with Crippen LogP contribution in [0.25, 0.3) is 16.0 Å². The first kappa shape index (κ1) is 16.1. The van der Waals surface area contributed by atoms with E-state index in [-0.39, 0.29) is 11.9 Å². The van der Waals surface area contributed by atoms with Gasteiger partial charge in [-0.05, 0) is 43.2 Å². The van der Waals surface area contributed by atoms with Crippen molar-refractivity contribution in [3.63, 3.8) is 0 Å². The molecular weight excluding hydrogens is 358 g/mol. The molecule has 27 heavy (non-hydrogen) atoms. The number of benzene rings is 1. The van der Waals surface area contributed by atoms with Crippen molar-refractivity contribution in [2.75, 3.05) is 6.54 Å². The number of carbonyl (C=O) groups excluding carboxylic acids is 1. The van der Waals surface area contributed by atoms with Gasteiger partial charge in [-0.1, -0.05) is 12.1 Å². The molecule has 0 bridgehead atoms. The van der Waals surface area contributed by atoms with Crippen LogP contribution in [-0.2, 0) is 0 Å². The number of carbonyl (C=O) groups is 1. The van der Waals surface area contributed by atoms with E-state index < -0.39 is 0 Å². The lowest BCUT2D eigenvalue weighted by Gasteiger charge is -2.23. The zero-order chi connectivity index (χ0) is 18.2. The number of aromatic nitrogens is 4. The van der Waals surface area contributed by atoms with Crippen molar-refractivity contribution in [1.82, 2.24) is 24.6 Å². The second-order valence-corrected chi connectivity index (χ2v) is 7.59. The summed E-state index contributed by atoms with van der Waals surface area (Å²) in [5.74, 6) is 0.706. The van der Waals surface area contributed by atoms with E-state index in [1.807, 2.05) is 47.5 Å². The SMILES string of the molecule is O=C(c1ccc(-n2cccn2)nc1)N1CCCC1c1nc2ccccc2s1. The Morgan fingerprint density at radius 2 is 2.07 bits per heavy atom. The van der Waals surface area contributed by atoms with Crippen LogP contribution in [0.1, 0.15) is 34.2 Å². The molecule has 0 N–H and O–H groups in total. The third-order valence-electron chi connectivity index (χ3n) is 4.84. The lowest BCUT2D eigenvalue weighted by atomic mass is 10.2. The Balaban J connectivity index is 1.41. The molecule has 1 unspecified atom stereocenters. The highest BCUT2D eigenvalue weighted by Crippen LogP contribution is 2.37. The van der Waals surface area contributed by atoms with Gasteiger partial charge in [-0.15, -0.1) is 11.3 Å². The Labute approximate surface area is 160 Å². The molecule has 1 fully saturated rings. The van der Waals surface area contributed by atoms with Crippen LogP contribution in [0.5, 0.6) is 0 Å². The van der Waals surface area contributed by atoms with Gasteiger partial charge >= 0.3 is 0 Å². The summed E-state index contributed by atoms with van der Waals surface area (Å²) in [6.45, 7) is 0.750. The van der Waals surface area contributed by atoms with Crippen LogP contribution >= 0.6 is 11.3 Å². The third-order valence-corrected chi connectivity index (χ3v) is 5.98. The highest BCUT2D eigenvalue weighted by molar-refractivity contribution is 7.18. The second-order valence-electron chi connectivity index (χ2n) is 6.53. The standard InChI is InChI=1S/C20H17N5OS/c26-20(14-8-9-18(21-13-14)25-12-4-10-22-25)24-11-3-6-16(24)19-23-15-5-1-2-7-17(15)27-19/h1-2,4-5,7-10,12-13,16H,3,6,11H2. The van der Waals surface area contributed by atoms with E-state index in [0.717, 1.165) is 34.6 Å². The minimum Gasteiger partial charge on any atom is -0.329 e. The molecule has 0 spiro atoms. The molecule has 1 atom stereocenters. The molecule has 134 valence electrons. The average Bonchev–Trinajstić information content (AvgIpc) is 3.47. The number of para-hydroxylation sites is 1. The summed E-state index contributed by atoms with van der Waals surface area (Å²) in [5.41, 5.74) is 1.60. The number of hydrogen-bond donors (Lipinski definition) is 0. The van der Waals surface area contributed by atoms with Crippen molar-refractivity contribution in [2.24, 2.45) is 0 Å². The molecule has 6 nitrogen and oxygen atoms in total. The van der Waals surface area contributed by atoms with Gasteiger partial charge < -0.3 is 4.90 Å². The lowest BCUT2D eigenvalue weighted by molar-refractivity contribution is 0.0735. The number of likely N-dealkylation sites (tertiary alicyclic amines) is 1. The Morgan fingerprint density at radius 3 is 2.85 bits per heavy atom. The summed E-state index contributed by atoms with van der Waals surface area (Å²) in [5, 5.41) is 5.18. The highest BCUT2D eigenvalue weighted by atomic mass is 32.1. The number of fused-ring (bicyclic) bond motifs is 1. The average molecular weight is 375 g/mol. The first-order valence-electron chi connectivity index (χ1n) is 8.92. The molecule has 0 saturated carbocycles. The third kappa shape index (κ3) is 2.90. The number of hydrogen-bond acceptors (Lipinski definition) is 5. The maximum atomic E-state index is 13.1. The fourth-order valence-electron chi connectivity index (χ4n) is 3.52. The number of thiazole rings is 1. The zero-order valence-electron chi connectivity index (χ0n) is 14.5. The highest BCUT2D eigenvalue weighted by Gasteiger charge is 2.32. The Morgan fingerprint density at radius 1 is 1.15 bits per heavy atom. The van der Waals surface area contributed by atoms with Crippen LogP contribution in [-0.4, -0.2) is 37.1 Å². The molecule has 1 aromatic carbocycles. The van der Waals surface area contributed by atoms with Gasteiger partial charge in [0.25, 0.3) is 5.91 Å². The topological polar surface area (TPSA) is 63.9 Å². The Kier molecular flexibility index (Phi) is 3.94. The van der Waals surface area contributed by atoms with E-state index in [0.29, 0.717) is 11.4 Å². The normalized spacial score (nSPS) is 16.9. The molecule has 5 rings (SSSR count). The quantitative estimate of drug-likeness (QED) is 0.545. The van der Waals surface area contributed by atoms with Crippen molar-refractivity contribution >= 4 is 27.5 Å². The smallest absolute Gasteiger partial charge is 0.256 e. The van der Waals surface area contributed by atoms with Gasteiger partial charge in [0.2, 0.25) is 0 Å². The first-order chi connectivity index (χ1) is 13.3. The van der Waals surface area contributed by atoms with E-state index in [9.17, 15) is 4.79 Å². The molecular formula is C20H17N5OS. The number of amides is 1. The molecule has 1 amide bonds. The minimum absolute atomic E-state index is 0.0104. The monoisotopic (exact) mass is 375 g/mol. The molecule has 4 aromatic rings. The Bertz CT molecular complexity index is 1050. The Hall–Kier alpha value is -3.06. The summed E-state index contributed by atoms with van der Waals surface area (Å²) >= 11 is 1.68. The van der Waals surface area contributed by atoms with Crippen molar-refractivity contribution in [3.05, 3.63) is 71.6 Å². The number of nitrogens with zero attached hydrogens (tertiary/aromatic N) is 5. The first-order valence-corrected chi connectivity index (χ1v) is 9.74. The summed E-state index contributed by atoms with van der Waals surface area (Å²) in [6.07, 6.45) is 7.10. The number of pyridine rings is 1. The van der Waals surface area contributed by atoms with Crippen LogP contribution in [0.15, 0.2) is 61.1 Å². The van der Waals surface area contributed by atoms with E-state index in [1.54, 1.807) is 28.4 Å².